The predicted molar refractivity (Wildman–Crippen MR) is 78.8 cm³/mol. The summed E-state index contributed by atoms with van der Waals surface area (Å²) in [5.74, 6) is 1.17. The van der Waals surface area contributed by atoms with Crippen molar-refractivity contribution in [2.24, 2.45) is 5.73 Å². The molecule has 1 saturated heterocycles. The fourth-order valence-electron chi connectivity index (χ4n) is 2.29. The summed E-state index contributed by atoms with van der Waals surface area (Å²) in [4.78, 5) is 6.64. The zero-order valence-corrected chi connectivity index (χ0v) is 12.3. The summed E-state index contributed by atoms with van der Waals surface area (Å²) in [6.07, 6.45) is 0.0846. The van der Waals surface area contributed by atoms with Gasteiger partial charge in [-0.25, -0.2) is 0 Å². The van der Waals surface area contributed by atoms with Crippen molar-refractivity contribution in [1.82, 2.24) is 15.0 Å². The van der Waals surface area contributed by atoms with E-state index in [1.165, 1.54) is 0 Å². The molecule has 1 aromatic carbocycles. The second kappa shape index (κ2) is 6.53. The van der Waals surface area contributed by atoms with Crippen LogP contribution in [0, 0.1) is 0 Å². The molecule has 2 aromatic rings. The maximum absolute atomic E-state index is 5.87. The van der Waals surface area contributed by atoms with Crippen molar-refractivity contribution < 1.29 is 9.26 Å². The lowest BCUT2D eigenvalue weighted by Crippen LogP contribution is -2.45. The van der Waals surface area contributed by atoms with Gasteiger partial charge in [-0.05, 0) is 24.3 Å². The molecule has 1 aromatic heterocycles. The number of rotatable bonds is 4. The summed E-state index contributed by atoms with van der Waals surface area (Å²) in [6, 6.07) is 7.32. The molecule has 0 saturated carbocycles. The van der Waals surface area contributed by atoms with Crippen LogP contribution in [-0.4, -0.2) is 47.4 Å². The van der Waals surface area contributed by atoms with E-state index in [2.05, 4.69) is 15.0 Å². The highest BCUT2D eigenvalue weighted by Gasteiger charge is 2.21. The molecule has 3 rings (SSSR count). The molecule has 0 spiro atoms. The Kier molecular flexibility index (Phi) is 4.50. The molecule has 1 atom stereocenters. The van der Waals surface area contributed by atoms with E-state index < -0.39 is 0 Å². The summed E-state index contributed by atoms with van der Waals surface area (Å²) in [7, 11) is 0. The van der Waals surface area contributed by atoms with Gasteiger partial charge < -0.3 is 15.0 Å². The molecule has 112 valence electrons. The van der Waals surface area contributed by atoms with Crippen LogP contribution in [0.5, 0.6) is 0 Å². The Morgan fingerprint density at radius 2 is 2.14 bits per heavy atom. The largest absolute Gasteiger partial charge is 0.374 e. The van der Waals surface area contributed by atoms with Gasteiger partial charge in [0.1, 0.15) is 0 Å². The summed E-state index contributed by atoms with van der Waals surface area (Å²) in [5.41, 5.74) is 6.50. The van der Waals surface area contributed by atoms with Crippen LogP contribution in [0.1, 0.15) is 5.82 Å². The quantitative estimate of drug-likeness (QED) is 0.923. The molecule has 7 heteroatoms. The molecule has 6 nitrogen and oxygen atoms in total. The van der Waals surface area contributed by atoms with Crippen LogP contribution < -0.4 is 5.73 Å². The van der Waals surface area contributed by atoms with Crippen LogP contribution in [-0.2, 0) is 11.3 Å². The van der Waals surface area contributed by atoms with Gasteiger partial charge in [0.25, 0.3) is 5.89 Å². The molecule has 1 fully saturated rings. The topological polar surface area (TPSA) is 77.4 Å². The van der Waals surface area contributed by atoms with E-state index in [4.69, 9.17) is 26.6 Å². The van der Waals surface area contributed by atoms with Crippen LogP contribution >= 0.6 is 11.6 Å². The van der Waals surface area contributed by atoms with Gasteiger partial charge in [-0.3, -0.25) is 4.90 Å². The molecule has 0 aliphatic carbocycles. The fraction of sp³-hybridized carbons (Fsp3) is 0.429. The van der Waals surface area contributed by atoms with E-state index in [0.29, 0.717) is 36.4 Å². The number of benzene rings is 1. The molecular weight excluding hydrogens is 292 g/mol. The third kappa shape index (κ3) is 3.59. The van der Waals surface area contributed by atoms with Gasteiger partial charge >= 0.3 is 0 Å². The fourth-order valence-corrected chi connectivity index (χ4v) is 2.42. The minimum absolute atomic E-state index is 0.0846. The third-order valence-electron chi connectivity index (χ3n) is 3.41. The van der Waals surface area contributed by atoms with Gasteiger partial charge in [-0.1, -0.05) is 16.8 Å². The highest BCUT2D eigenvalue weighted by Crippen LogP contribution is 2.20. The zero-order valence-electron chi connectivity index (χ0n) is 11.5. The van der Waals surface area contributed by atoms with Crippen molar-refractivity contribution in [1.29, 1.82) is 0 Å². The SMILES string of the molecule is NCC1CN(Cc2noc(-c3ccc(Cl)cc3)n2)CCO1. The Balaban J connectivity index is 1.66. The Bertz CT molecular complexity index is 587. The van der Waals surface area contributed by atoms with Gasteiger partial charge in [0.05, 0.1) is 19.3 Å². The Morgan fingerprint density at radius 1 is 1.33 bits per heavy atom. The molecular formula is C14H17ClN4O2. The third-order valence-corrected chi connectivity index (χ3v) is 3.66. The molecule has 0 radical (unpaired) electrons. The smallest absolute Gasteiger partial charge is 0.257 e. The van der Waals surface area contributed by atoms with Crippen molar-refractivity contribution in [2.45, 2.75) is 12.6 Å². The average Bonchev–Trinajstić information content (AvgIpc) is 2.96. The van der Waals surface area contributed by atoms with Crippen LogP contribution in [0.2, 0.25) is 5.02 Å². The number of ether oxygens (including phenoxy) is 1. The Morgan fingerprint density at radius 3 is 2.90 bits per heavy atom. The highest BCUT2D eigenvalue weighted by molar-refractivity contribution is 6.30. The minimum Gasteiger partial charge on any atom is -0.374 e. The number of morpholine rings is 1. The summed E-state index contributed by atoms with van der Waals surface area (Å²) < 4.78 is 10.8. The van der Waals surface area contributed by atoms with Crippen LogP contribution in [0.25, 0.3) is 11.5 Å². The highest BCUT2D eigenvalue weighted by atomic mass is 35.5. The normalized spacial score (nSPS) is 19.8. The molecule has 2 heterocycles. The molecule has 0 amide bonds. The second-order valence-corrected chi connectivity index (χ2v) is 5.42. The maximum atomic E-state index is 5.87. The number of aromatic nitrogens is 2. The predicted octanol–water partition coefficient (Wildman–Crippen LogP) is 1.55. The second-order valence-electron chi connectivity index (χ2n) is 4.99. The Labute approximate surface area is 127 Å². The molecule has 1 unspecified atom stereocenters. The van der Waals surface area contributed by atoms with E-state index in [1.807, 2.05) is 12.1 Å². The first-order chi connectivity index (χ1) is 10.2. The number of nitrogens with zero attached hydrogens (tertiary/aromatic N) is 3. The maximum Gasteiger partial charge on any atom is 0.257 e. The van der Waals surface area contributed by atoms with Gasteiger partial charge in [0.2, 0.25) is 0 Å². The molecule has 2 N–H and O–H groups in total. The van der Waals surface area contributed by atoms with Crippen molar-refractivity contribution in [3.63, 3.8) is 0 Å². The van der Waals surface area contributed by atoms with E-state index in [9.17, 15) is 0 Å². The van der Waals surface area contributed by atoms with Gasteiger partial charge in [0.15, 0.2) is 5.82 Å². The van der Waals surface area contributed by atoms with Crippen molar-refractivity contribution in [3.8, 4) is 11.5 Å². The lowest BCUT2D eigenvalue weighted by Gasteiger charge is -2.31. The number of hydrogen-bond acceptors (Lipinski definition) is 6. The summed E-state index contributed by atoms with van der Waals surface area (Å²) in [5, 5.41) is 4.71. The first-order valence-corrected chi connectivity index (χ1v) is 7.25. The van der Waals surface area contributed by atoms with Crippen LogP contribution in [0.4, 0.5) is 0 Å². The van der Waals surface area contributed by atoms with E-state index >= 15 is 0 Å². The monoisotopic (exact) mass is 308 g/mol. The van der Waals surface area contributed by atoms with Crippen molar-refractivity contribution in [3.05, 3.63) is 35.1 Å². The molecule has 0 bridgehead atoms. The zero-order chi connectivity index (χ0) is 14.7. The van der Waals surface area contributed by atoms with Crippen molar-refractivity contribution >= 4 is 11.6 Å². The van der Waals surface area contributed by atoms with Gasteiger partial charge in [-0.2, -0.15) is 4.98 Å². The van der Waals surface area contributed by atoms with E-state index in [-0.39, 0.29) is 6.10 Å². The molecule has 1 aliphatic heterocycles. The summed E-state index contributed by atoms with van der Waals surface area (Å²) in [6.45, 7) is 3.49. The summed E-state index contributed by atoms with van der Waals surface area (Å²) >= 11 is 5.87. The molecule has 21 heavy (non-hydrogen) atoms. The average molecular weight is 309 g/mol. The standard InChI is InChI=1S/C14H17ClN4O2/c15-11-3-1-10(2-4-11)14-17-13(18-21-14)9-19-5-6-20-12(7-16)8-19/h1-4,12H,5-9,16H2. The van der Waals surface area contributed by atoms with E-state index in [0.717, 1.165) is 18.7 Å². The minimum atomic E-state index is 0.0846. The van der Waals surface area contributed by atoms with Crippen LogP contribution in [0.15, 0.2) is 28.8 Å². The lowest BCUT2D eigenvalue weighted by molar-refractivity contribution is -0.0269. The van der Waals surface area contributed by atoms with E-state index in [1.54, 1.807) is 12.1 Å². The lowest BCUT2D eigenvalue weighted by atomic mass is 10.2. The van der Waals surface area contributed by atoms with Gasteiger partial charge in [0, 0.05) is 30.2 Å². The van der Waals surface area contributed by atoms with Gasteiger partial charge in [-0.15, -0.1) is 0 Å². The first kappa shape index (κ1) is 14.5. The van der Waals surface area contributed by atoms with Crippen LogP contribution in [0.3, 0.4) is 0 Å². The number of halogens is 1. The molecule has 1 aliphatic rings. The number of hydrogen-bond donors (Lipinski definition) is 1. The van der Waals surface area contributed by atoms with Crippen molar-refractivity contribution in [2.75, 3.05) is 26.2 Å². The Hall–Kier alpha value is -1.47. The first-order valence-electron chi connectivity index (χ1n) is 6.87. The number of nitrogens with two attached hydrogens (primary N) is 1.